The number of hydrogen-bond acceptors (Lipinski definition) is 5. The molecule has 0 aliphatic carbocycles. The van der Waals surface area contributed by atoms with Gasteiger partial charge in [-0.2, -0.15) is 0 Å². The Morgan fingerprint density at radius 2 is 2.13 bits per heavy atom. The lowest BCUT2D eigenvalue weighted by atomic mass is 9.98. The van der Waals surface area contributed by atoms with Crippen LogP contribution in [-0.4, -0.2) is 45.5 Å². The summed E-state index contributed by atoms with van der Waals surface area (Å²) in [5, 5.41) is 0. The Morgan fingerprint density at radius 3 is 2.74 bits per heavy atom. The van der Waals surface area contributed by atoms with Gasteiger partial charge < -0.3 is 4.74 Å². The molecule has 128 valence electrons. The Labute approximate surface area is 137 Å². The number of benzene rings is 1. The standard InChI is InChI=1S/C16H24N2O4S/c1-4-14(16(19)22-5-2)18-10-9-13-12(11-18)7-6-8-15(13)23(20,21)17-3/h6-8,14,17H,4-5,9-11H2,1-3H3. The fourth-order valence-corrected chi connectivity index (χ4v) is 4.07. The molecule has 1 aromatic carbocycles. The summed E-state index contributed by atoms with van der Waals surface area (Å²) in [5.74, 6) is -0.211. The smallest absolute Gasteiger partial charge is 0.323 e. The van der Waals surface area contributed by atoms with Crippen LogP contribution < -0.4 is 4.72 Å². The van der Waals surface area contributed by atoms with Gasteiger partial charge in [0.15, 0.2) is 0 Å². The molecule has 23 heavy (non-hydrogen) atoms. The molecule has 0 bridgehead atoms. The molecule has 1 aliphatic rings. The number of hydrogen-bond donors (Lipinski definition) is 1. The predicted octanol–water partition coefficient (Wildman–Crippen LogP) is 1.29. The first-order valence-electron chi connectivity index (χ1n) is 7.89. The Morgan fingerprint density at radius 1 is 1.39 bits per heavy atom. The molecule has 0 saturated carbocycles. The number of esters is 1. The number of carbonyl (C=O) groups excluding carboxylic acids is 1. The molecule has 0 radical (unpaired) electrons. The topological polar surface area (TPSA) is 75.7 Å². The molecule has 1 unspecified atom stereocenters. The van der Waals surface area contributed by atoms with Crippen LogP contribution in [0.1, 0.15) is 31.4 Å². The van der Waals surface area contributed by atoms with Gasteiger partial charge in [-0.1, -0.05) is 19.1 Å². The van der Waals surface area contributed by atoms with Gasteiger partial charge in [-0.25, -0.2) is 13.1 Å². The minimum atomic E-state index is -3.47. The van der Waals surface area contributed by atoms with Crippen LogP contribution in [0.3, 0.4) is 0 Å². The summed E-state index contributed by atoms with van der Waals surface area (Å²) < 4.78 is 31.8. The van der Waals surface area contributed by atoms with E-state index in [1.807, 2.05) is 13.0 Å². The molecule has 7 heteroatoms. The van der Waals surface area contributed by atoms with Crippen molar-refractivity contribution < 1.29 is 17.9 Å². The van der Waals surface area contributed by atoms with E-state index < -0.39 is 10.0 Å². The average Bonchev–Trinajstić information content (AvgIpc) is 2.55. The average molecular weight is 340 g/mol. The number of nitrogens with one attached hydrogen (secondary N) is 1. The van der Waals surface area contributed by atoms with E-state index in [0.29, 0.717) is 37.4 Å². The SMILES string of the molecule is CCOC(=O)C(CC)N1CCc2c(cccc2S(=O)(=O)NC)C1. The van der Waals surface area contributed by atoms with Crippen LogP contribution >= 0.6 is 0 Å². The van der Waals surface area contributed by atoms with Crippen LogP contribution in [-0.2, 0) is 32.5 Å². The third-order valence-electron chi connectivity index (χ3n) is 4.20. The molecule has 0 amide bonds. The lowest BCUT2D eigenvalue weighted by Gasteiger charge is -2.34. The number of fused-ring (bicyclic) bond motifs is 1. The van der Waals surface area contributed by atoms with Crippen molar-refractivity contribution in [1.29, 1.82) is 0 Å². The maximum absolute atomic E-state index is 12.1. The first-order chi connectivity index (χ1) is 10.9. The highest BCUT2D eigenvalue weighted by molar-refractivity contribution is 7.89. The second kappa shape index (κ2) is 7.42. The van der Waals surface area contributed by atoms with Gasteiger partial charge >= 0.3 is 5.97 Å². The van der Waals surface area contributed by atoms with Crippen LogP contribution in [0.4, 0.5) is 0 Å². The molecule has 0 aromatic heterocycles. The molecule has 2 rings (SSSR count). The van der Waals surface area contributed by atoms with E-state index in [-0.39, 0.29) is 12.0 Å². The Bertz CT molecular complexity index is 673. The number of nitrogens with zero attached hydrogens (tertiary/aromatic N) is 1. The minimum absolute atomic E-state index is 0.211. The molecule has 0 saturated heterocycles. The summed E-state index contributed by atoms with van der Waals surface area (Å²) in [5.41, 5.74) is 1.80. The van der Waals surface area contributed by atoms with Crippen molar-refractivity contribution in [2.45, 2.75) is 44.2 Å². The predicted molar refractivity (Wildman–Crippen MR) is 87.5 cm³/mol. The zero-order valence-electron chi connectivity index (χ0n) is 13.8. The normalized spacial score (nSPS) is 16.7. The van der Waals surface area contributed by atoms with Crippen LogP contribution in [0.25, 0.3) is 0 Å². The monoisotopic (exact) mass is 340 g/mol. The molecular weight excluding hydrogens is 316 g/mol. The lowest BCUT2D eigenvalue weighted by Crippen LogP contribution is -2.44. The van der Waals surface area contributed by atoms with Crippen molar-refractivity contribution in [2.24, 2.45) is 0 Å². The molecule has 1 N–H and O–H groups in total. The highest BCUT2D eigenvalue weighted by atomic mass is 32.2. The molecule has 0 spiro atoms. The van der Waals surface area contributed by atoms with Crippen molar-refractivity contribution >= 4 is 16.0 Å². The van der Waals surface area contributed by atoms with Crippen molar-refractivity contribution in [3.8, 4) is 0 Å². The Hall–Kier alpha value is -1.44. The van der Waals surface area contributed by atoms with Crippen LogP contribution in [0.5, 0.6) is 0 Å². The summed E-state index contributed by atoms with van der Waals surface area (Å²) in [6.45, 7) is 5.31. The highest BCUT2D eigenvalue weighted by Gasteiger charge is 2.30. The van der Waals surface area contributed by atoms with Gasteiger partial charge in [0.1, 0.15) is 6.04 Å². The zero-order valence-corrected chi connectivity index (χ0v) is 14.6. The van der Waals surface area contributed by atoms with E-state index in [2.05, 4.69) is 9.62 Å². The van der Waals surface area contributed by atoms with Gasteiger partial charge in [0.25, 0.3) is 0 Å². The summed E-state index contributed by atoms with van der Waals surface area (Å²) in [6, 6.07) is 5.02. The van der Waals surface area contributed by atoms with Gasteiger partial charge in [0.2, 0.25) is 10.0 Å². The van der Waals surface area contributed by atoms with E-state index in [1.165, 1.54) is 7.05 Å². The fourth-order valence-electron chi connectivity index (χ4n) is 3.04. The van der Waals surface area contributed by atoms with Gasteiger partial charge in [-0.15, -0.1) is 0 Å². The van der Waals surface area contributed by atoms with Gasteiger partial charge in [0, 0.05) is 13.1 Å². The van der Waals surface area contributed by atoms with E-state index >= 15 is 0 Å². The van der Waals surface area contributed by atoms with E-state index in [4.69, 9.17) is 4.74 Å². The molecular formula is C16H24N2O4S. The van der Waals surface area contributed by atoms with Crippen molar-refractivity contribution in [3.63, 3.8) is 0 Å². The van der Waals surface area contributed by atoms with Crippen molar-refractivity contribution in [3.05, 3.63) is 29.3 Å². The van der Waals surface area contributed by atoms with E-state index in [9.17, 15) is 13.2 Å². The van der Waals surface area contributed by atoms with Crippen LogP contribution in [0.2, 0.25) is 0 Å². The highest BCUT2D eigenvalue weighted by Crippen LogP contribution is 2.27. The fraction of sp³-hybridized carbons (Fsp3) is 0.562. The Balaban J connectivity index is 2.28. The third kappa shape index (κ3) is 3.73. The number of rotatable bonds is 6. The first kappa shape index (κ1) is 17.9. The first-order valence-corrected chi connectivity index (χ1v) is 9.37. The quantitative estimate of drug-likeness (QED) is 0.790. The number of ether oxygens (including phenoxy) is 1. The number of carbonyl (C=O) groups is 1. The maximum Gasteiger partial charge on any atom is 0.323 e. The van der Waals surface area contributed by atoms with Gasteiger partial charge in [0.05, 0.1) is 11.5 Å². The molecule has 1 aromatic rings. The maximum atomic E-state index is 12.1. The molecule has 0 fully saturated rings. The summed E-state index contributed by atoms with van der Waals surface area (Å²) in [7, 11) is -2.05. The summed E-state index contributed by atoms with van der Waals surface area (Å²) in [6.07, 6.45) is 1.27. The van der Waals surface area contributed by atoms with Gasteiger partial charge in [-0.05, 0) is 44.0 Å². The van der Waals surface area contributed by atoms with Crippen molar-refractivity contribution in [2.75, 3.05) is 20.2 Å². The lowest BCUT2D eigenvalue weighted by molar-refractivity contribution is -0.150. The Kier molecular flexibility index (Phi) is 5.78. The number of sulfonamides is 1. The third-order valence-corrected chi connectivity index (χ3v) is 5.70. The summed E-state index contributed by atoms with van der Waals surface area (Å²) in [4.78, 5) is 14.5. The zero-order chi connectivity index (χ0) is 17.0. The summed E-state index contributed by atoms with van der Waals surface area (Å²) >= 11 is 0. The molecule has 6 nitrogen and oxygen atoms in total. The largest absolute Gasteiger partial charge is 0.465 e. The van der Waals surface area contributed by atoms with Gasteiger partial charge in [-0.3, -0.25) is 9.69 Å². The van der Waals surface area contributed by atoms with Crippen LogP contribution in [0.15, 0.2) is 23.1 Å². The molecule has 1 heterocycles. The van der Waals surface area contributed by atoms with E-state index in [1.54, 1.807) is 19.1 Å². The second-order valence-electron chi connectivity index (χ2n) is 5.50. The minimum Gasteiger partial charge on any atom is -0.465 e. The van der Waals surface area contributed by atoms with Crippen LogP contribution in [0, 0.1) is 0 Å². The van der Waals surface area contributed by atoms with Crippen molar-refractivity contribution in [1.82, 2.24) is 9.62 Å². The molecule has 1 aliphatic heterocycles. The van der Waals surface area contributed by atoms with E-state index in [0.717, 1.165) is 11.1 Å². The second-order valence-corrected chi connectivity index (χ2v) is 7.35. The molecule has 1 atom stereocenters.